The summed E-state index contributed by atoms with van der Waals surface area (Å²) in [6, 6.07) is 0. The number of aromatic nitrogens is 1. The van der Waals surface area contributed by atoms with Gasteiger partial charge >= 0.3 is 5.97 Å². The number of aromatic carboxylic acids is 1. The van der Waals surface area contributed by atoms with Gasteiger partial charge in [-0.05, 0) is 13.8 Å². The second kappa shape index (κ2) is 3.53. The van der Waals surface area contributed by atoms with Gasteiger partial charge in [0.1, 0.15) is 10.6 Å². The van der Waals surface area contributed by atoms with E-state index in [4.69, 9.17) is 15.8 Å². The first kappa shape index (κ1) is 12.1. The van der Waals surface area contributed by atoms with E-state index in [1.54, 1.807) is 0 Å². The summed E-state index contributed by atoms with van der Waals surface area (Å²) in [6.45, 7) is 2.93. The normalized spacial score (nSPS) is 11.7. The van der Waals surface area contributed by atoms with Crippen LogP contribution in [0.5, 0.6) is 0 Å². The van der Waals surface area contributed by atoms with Crippen LogP contribution in [0.3, 0.4) is 0 Å². The molecule has 0 aliphatic rings. The van der Waals surface area contributed by atoms with Crippen molar-refractivity contribution in [2.24, 2.45) is 7.05 Å². The van der Waals surface area contributed by atoms with E-state index >= 15 is 0 Å². The van der Waals surface area contributed by atoms with Crippen molar-refractivity contribution in [1.29, 1.82) is 0 Å². The summed E-state index contributed by atoms with van der Waals surface area (Å²) in [5, 5.41) is 8.89. The standard InChI is InChI=1S/C8H10ClNO4S/c1-4-6(8(11)12)10(3)5(2)7(4)15(9,13)14/h1-3H3,(H,11,12). The molecule has 0 atom stereocenters. The fraction of sp³-hybridized carbons (Fsp3) is 0.375. The van der Waals surface area contributed by atoms with Gasteiger partial charge in [0.2, 0.25) is 0 Å². The maximum atomic E-state index is 11.2. The molecule has 0 aliphatic heterocycles. The van der Waals surface area contributed by atoms with Gasteiger partial charge in [-0.25, -0.2) is 13.2 Å². The number of carbonyl (C=O) groups is 1. The highest BCUT2D eigenvalue weighted by molar-refractivity contribution is 8.13. The van der Waals surface area contributed by atoms with E-state index < -0.39 is 15.0 Å². The molecule has 1 N–H and O–H groups in total. The number of rotatable bonds is 2. The molecule has 0 saturated heterocycles. The van der Waals surface area contributed by atoms with E-state index in [2.05, 4.69) is 0 Å². The molecule has 0 aromatic carbocycles. The molecule has 15 heavy (non-hydrogen) atoms. The van der Waals surface area contributed by atoms with E-state index in [1.165, 1.54) is 25.5 Å². The fourth-order valence-electron chi connectivity index (χ4n) is 1.61. The average molecular weight is 252 g/mol. The summed E-state index contributed by atoms with van der Waals surface area (Å²) in [5.74, 6) is -1.18. The molecule has 0 fully saturated rings. The third-order valence-corrected chi connectivity index (χ3v) is 3.86. The monoisotopic (exact) mass is 251 g/mol. The van der Waals surface area contributed by atoms with Crippen LogP contribution in [0, 0.1) is 13.8 Å². The van der Waals surface area contributed by atoms with Crippen LogP contribution in [-0.4, -0.2) is 24.1 Å². The Hall–Kier alpha value is -1.01. The molecule has 7 heteroatoms. The lowest BCUT2D eigenvalue weighted by molar-refractivity contribution is 0.0685. The summed E-state index contributed by atoms with van der Waals surface area (Å²) in [5.41, 5.74) is 0.420. The zero-order chi connectivity index (χ0) is 12.0. The van der Waals surface area contributed by atoms with Crippen LogP contribution in [0.4, 0.5) is 0 Å². The van der Waals surface area contributed by atoms with Crippen molar-refractivity contribution in [3.8, 4) is 0 Å². The summed E-state index contributed by atoms with van der Waals surface area (Å²) < 4.78 is 23.7. The van der Waals surface area contributed by atoms with E-state index in [1.807, 2.05) is 0 Å². The van der Waals surface area contributed by atoms with E-state index in [0.29, 0.717) is 5.69 Å². The molecule has 1 aromatic heterocycles. The lowest BCUT2D eigenvalue weighted by atomic mass is 10.2. The highest BCUT2D eigenvalue weighted by Crippen LogP contribution is 2.28. The predicted octanol–water partition coefficient (Wildman–Crippen LogP) is 1.27. The summed E-state index contributed by atoms with van der Waals surface area (Å²) in [7, 11) is 2.80. The summed E-state index contributed by atoms with van der Waals surface area (Å²) in [6.07, 6.45) is 0. The molecule has 0 unspecified atom stereocenters. The van der Waals surface area contributed by atoms with Gasteiger partial charge in [-0.15, -0.1) is 0 Å². The van der Waals surface area contributed by atoms with E-state index in [0.717, 1.165) is 0 Å². The largest absolute Gasteiger partial charge is 0.477 e. The molecule has 0 spiro atoms. The topological polar surface area (TPSA) is 76.4 Å². The number of nitrogens with zero attached hydrogens (tertiary/aromatic N) is 1. The van der Waals surface area contributed by atoms with Crippen LogP contribution < -0.4 is 0 Å². The van der Waals surface area contributed by atoms with Crippen molar-refractivity contribution in [1.82, 2.24) is 4.57 Å². The van der Waals surface area contributed by atoms with Crippen LogP contribution in [0.1, 0.15) is 21.7 Å². The van der Waals surface area contributed by atoms with Gasteiger partial charge in [0.25, 0.3) is 9.05 Å². The van der Waals surface area contributed by atoms with Gasteiger partial charge in [-0.3, -0.25) is 0 Å². The van der Waals surface area contributed by atoms with Crippen LogP contribution in [0.15, 0.2) is 4.90 Å². The zero-order valence-electron chi connectivity index (χ0n) is 8.41. The molecule has 0 bridgehead atoms. The minimum atomic E-state index is -3.91. The average Bonchev–Trinajstić information content (AvgIpc) is 2.21. The van der Waals surface area contributed by atoms with Crippen LogP contribution in [0.25, 0.3) is 0 Å². The van der Waals surface area contributed by atoms with Crippen molar-refractivity contribution in [2.45, 2.75) is 18.7 Å². The maximum Gasteiger partial charge on any atom is 0.352 e. The van der Waals surface area contributed by atoms with Crippen LogP contribution >= 0.6 is 10.7 Å². The highest BCUT2D eigenvalue weighted by Gasteiger charge is 2.27. The number of hydrogen-bond acceptors (Lipinski definition) is 3. The van der Waals surface area contributed by atoms with E-state index in [9.17, 15) is 13.2 Å². The maximum absolute atomic E-state index is 11.2. The first-order valence-corrected chi connectivity index (χ1v) is 6.32. The van der Waals surface area contributed by atoms with Crippen molar-refractivity contribution in [3.63, 3.8) is 0 Å². The Kier molecular flexibility index (Phi) is 2.84. The molecule has 0 amide bonds. The lowest BCUT2D eigenvalue weighted by Crippen LogP contribution is -2.06. The van der Waals surface area contributed by atoms with Gasteiger partial charge in [0, 0.05) is 29.0 Å². The van der Waals surface area contributed by atoms with Crippen molar-refractivity contribution >= 4 is 25.7 Å². The SMILES string of the molecule is Cc1c(S(=O)(=O)Cl)c(C)n(C)c1C(=O)O. The van der Waals surface area contributed by atoms with E-state index in [-0.39, 0.29) is 16.2 Å². The Balaban J connectivity index is 3.73. The zero-order valence-corrected chi connectivity index (χ0v) is 9.98. The van der Waals surface area contributed by atoms with Gasteiger partial charge in [0.05, 0.1) is 0 Å². The molecule has 1 aromatic rings. The Morgan fingerprint density at radius 3 is 2.07 bits per heavy atom. The summed E-state index contributed by atoms with van der Waals surface area (Å²) in [4.78, 5) is 10.8. The number of halogens is 1. The fourth-order valence-corrected chi connectivity index (χ4v) is 3.25. The third kappa shape index (κ3) is 1.87. The highest BCUT2D eigenvalue weighted by atomic mass is 35.7. The third-order valence-electron chi connectivity index (χ3n) is 2.31. The molecule has 5 nitrogen and oxygen atoms in total. The Labute approximate surface area is 91.7 Å². The molecular weight excluding hydrogens is 242 g/mol. The van der Waals surface area contributed by atoms with Crippen LogP contribution in [0.2, 0.25) is 0 Å². The van der Waals surface area contributed by atoms with Crippen molar-refractivity contribution in [3.05, 3.63) is 17.0 Å². The molecule has 0 radical (unpaired) electrons. The Morgan fingerprint density at radius 1 is 1.40 bits per heavy atom. The first-order valence-electron chi connectivity index (χ1n) is 4.01. The molecule has 1 heterocycles. The minimum Gasteiger partial charge on any atom is -0.477 e. The number of carboxylic acid groups (broad SMARTS) is 1. The summed E-state index contributed by atoms with van der Waals surface area (Å²) >= 11 is 0. The predicted molar refractivity (Wildman–Crippen MR) is 54.9 cm³/mol. The molecule has 84 valence electrons. The lowest BCUT2D eigenvalue weighted by Gasteiger charge is -1.99. The minimum absolute atomic E-state index is 0.0632. The molecule has 1 rings (SSSR count). The molecule has 0 aliphatic carbocycles. The first-order chi connectivity index (χ1) is 6.68. The number of carboxylic acids is 1. The molecular formula is C8H10ClNO4S. The van der Waals surface area contributed by atoms with Crippen LogP contribution in [-0.2, 0) is 16.1 Å². The second-order valence-corrected chi connectivity index (χ2v) is 5.69. The quantitative estimate of drug-likeness (QED) is 0.803. The van der Waals surface area contributed by atoms with Gasteiger partial charge in [-0.2, -0.15) is 0 Å². The smallest absolute Gasteiger partial charge is 0.352 e. The number of hydrogen-bond donors (Lipinski definition) is 1. The van der Waals surface area contributed by atoms with Gasteiger partial charge in [-0.1, -0.05) is 0 Å². The van der Waals surface area contributed by atoms with Gasteiger partial charge in [0.15, 0.2) is 0 Å². The van der Waals surface area contributed by atoms with Crippen molar-refractivity contribution in [2.75, 3.05) is 0 Å². The van der Waals surface area contributed by atoms with Gasteiger partial charge < -0.3 is 9.67 Å². The Morgan fingerprint density at radius 2 is 1.87 bits per heavy atom. The molecule has 0 saturated carbocycles. The second-order valence-electron chi connectivity index (χ2n) is 3.19. The Bertz CT molecular complexity index is 529. The van der Waals surface area contributed by atoms with Crippen molar-refractivity contribution < 1.29 is 18.3 Å².